The van der Waals surface area contributed by atoms with Crippen LogP contribution in [0.4, 0.5) is 5.69 Å². The molecule has 3 aliphatic carbocycles. The number of anilines is 1. The zero-order valence-electron chi connectivity index (χ0n) is 23.0. The van der Waals surface area contributed by atoms with Crippen LogP contribution >= 0.6 is 0 Å². The predicted molar refractivity (Wildman–Crippen MR) is 155 cm³/mol. The number of aromatic hydroxyl groups is 1. The van der Waals surface area contributed by atoms with Crippen LogP contribution in [0.3, 0.4) is 0 Å². The Morgan fingerprint density at radius 2 is 1.81 bits per heavy atom. The standard InChI is InChI=1S/C32H28BNO8/c1-16-12-26(36)24-15-23-20(21(28(24)30(16)37)8-6-17-7-11-25(35)27(13-17)42-2)9-10-22-29(23)32(39)34(31(22)38)19-5-3-4-18(14-19)33(40)41/h3-9,11-14,21-23,29,35,40-41H,10,15H2,1-2H3. The molecule has 0 radical (unpaired) electrons. The van der Waals surface area contributed by atoms with Gasteiger partial charge in [0.05, 0.1) is 24.6 Å². The highest BCUT2D eigenvalue weighted by atomic mass is 16.5. The molecule has 6 rings (SSSR count). The average Bonchev–Trinajstić information content (AvgIpc) is 3.24. The molecule has 3 N–H and O–H groups in total. The van der Waals surface area contributed by atoms with Crippen molar-refractivity contribution >= 4 is 47.7 Å². The van der Waals surface area contributed by atoms with Crippen LogP contribution in [0.5, 0.6) is 11.5 Å². The molecule has 4 aliphatic rings. The van der Waals surface area contributed by atoms with Gasteiger partial charge in [-0.05, 0) is 67.1 Å². The number of benzene rings is 2. The van der Waals surface area contributed by atoms with Crippen LogP contribution in [-0.4, -0.2) is 52.8 Å². The number of phenols is 1. The van der Waals surface area contributed by atoms with E-state index in [1.807, 2.05) is 12.2 Å². The van der Waals surface area contributed by atoms with E-state index in [1.54, 1.807) is 37.3 Å². The Kier molecular flexibility index (Phi) is 6.83. The number of nitrogens with zero attached hydrogens (tertiary/aromatic N) is 1. The molecule has 2 aromatic carbocycles. The summed E-state index contributed by atoms with van der Waals surface area (Å²) >= 11 is 0. The van der Waals surface area contributed by atoms with Crippen molar-refractivity contribution in [2.75, 3.05) is 12.0 Å². The van der Waals surface area contributed by atoms with Crippen LogP contribution in [0, 0.1) is 23.7 Å². The first kappa shape index (κ1) is 27.6. The molecule has 4 unspecified atom stereocenters. The third kappa shape index (κ3) is 4.35. The van der Waals surface area contributed by atoms with Crippen molar-refractivity contribution in [1.29, 1.82) is 0 Å². The fourth-order valence-electron chi connectivity index (χ4n) is 6.72. The second-order valence-corrected chi connectivity index (χ2v) is 11.0. The summed E-state index contributed by atoms with van der Waals surface area (Å²) in [7, 11) is -0.314. The van der Waals surface area contributed by atoms with Crippen molar-refractivity contribution in [2.45, 2.75) is 19.8 Å². The smallest absolute Gasteiger partial charge is 0.488 e. The Morgan fingerprint density at radius 3 is 2.55 bits per heavy atom. The minimum Gasteiger partial charge on any atom is -0.504 e. The number of hydrogen-bond donors (Lipinski definition) is 3. The lowest BCUT2D eigenvalue weighted by molar-refractivity contribution is -0.123. The quantitative estimate of drug-likeness (QED) is 0.217. The highest BCUT2D eigenvalue weighted by Crippen LogP contribution is 2.53. The van der Waals surface area contributed by atoms with Gasteiger partial charge in [-0.2, -0.15) is 0 Å². The van der Waals surface area contributed by atoms with E-state index in [9.17, 15) is 34.3 Å². The third-order valence-corrected chi connectivity index (χ3v) is 8.72. The molecule has 0 aromatic heterocycles. The number of amides is 2. The van der Waals surface area contributed by atoms with E-state index in [-0.39, 0.29) is 53.0 Å². The zero-order valence-corrected chi connectivity index (χ0v) is 23.0. The number of ketones is 2. The normalized spacial score (nSPS) is 25.3. The van der Waals surface area contributed by atoms with Crippen LogP contribution in [0.1, 0.15) is 25.3 Å². The van der Waals surface area contributed by atoms with Gasteiger partial charge in [0.25, 0.3) is 0 Å². The van der Waals surface area contributed by atoms with Crippen molar-refractivity contribution in [3.63, 3.8) is 0 Å². The molecule has 4 atom stereocenters. The molecule has 2 aromatic rings. The van der Waals surface area contributed by atoms with E-state index in [0.717, 1.165) is 10.5 Å². The van der Waals surface area contributed by atoms with Gasteiger partial charge in [-0.3, -0.25) is 24.1 Å². The number of Topliss-reactive ketones (excluding diaryl/α,β-unsaturated/α-hetero) is 1. The van der Waals surface area contributed by atoms with Crippen molar-refractivity contribution in [1.82, 2.24) is 0 Å². The number of rotatable bonds is 5. The maximum absolute atomic E-state index is 14.0. The van der Waals surface area contributed by atoms with Gasteiger partial charge in [0, 0.05) is 22.6 Å². The van der Waals surface area contributed by atoms with Gasteiger partial charge in [0.15, 0.2) is 23.1 Å². The van der Waals surface area contributed by atoms with Gasteiger partial charge in [-0.1, -0.05) is 42.0 Å². The predicted octanol–water partition coefficient (Wildman–Crippen LogP) is 2.26. The maximum atomic E-state index is 14.0. The van der Waals surface area contributed by atoms with E-state index >= 15 is 0 Å². The van der Waals surface area contributed by atoms with Gasteiger partial charge >= 0.3 is 7.12 Å². The summed E-state index contributed by atoms with van der Waals surface area (Å²) in [5.41, 5.74) is 3.02. The molecule has 0 saturated carbocycles. The van der Waals surface area contributed by atoms with Crippen molar-refractivity contribution in [2.24, 2.45) is 23.7 Å². The summed E-state index contributed by atoms with van der Waals surface area (Å²) in [5.74, 6) is -3.48. The van der Waals surface area contributed by atoms with Crippen molar-refractivity contribution in [3.05, 3.63) is 88.5 Å². The van der Waals surface area contributed by atoms with Gasteiger partial charge in [-0.15, -0.1) is 0 Å². The number of methoxy groups -OCH3 is 1. The number of allylic oxidation sites excluding steroid dienone is 7. The number of ether oxygens (including phenoxy) is 1. The molecular weight excluding hydrogens is 537 g/mol. The first-order valence-corrected chi connectivity index (χ1v) is 13.7. The monoisotopic (exact) mass is 565 g/mol. The van der Waals surface area contributed by atoms with E-state index in [2.05, 4.69) is 0 Å². The van der Waals surface area contributed by atoms with E-state index in [1.165, 1.54) is 31.4 Å². The van der Waals surface area contributed by atoms with Gasteiger partial charge in [-0.25, -0.2) is 0 Å². The summed E-state index contributed by atoms with van der Waals surface area (Å²) in [6.07, 6.45) is 7.33. The highest BCUT2D eigenvalue weighted by Gasteiger charge is 2.56. The van der Waals surface area contributed by atoms with E-state index in [4.69, 9.17) is 4.74 Å². The molecule has 2 amide bonds. The molecule has 10 heteroatoms. The SMILES string of the molecule is COc1cc(C=CC2C3=CCC4C(=O)N(c5cccc(B(O)O)c5)C(=O)C4C3CC3=C2C(=O)C(C)=CC3=O)ccc1O. The number of fused-ring (bicyclic) bond motifs is 3. The number of carbonyl (C=O) groups excluding carboxylic acids is 4. The maximum Gasteiger partial charge on any atom is 0.488 e. The van der Waals surface area contributed by atoms with Gasteiger partial charge < -0.3 is 19.9 Å². The Balaban J connectivity index is 1.42. The first-order valence-electron chi connectivity index (χ1n) is 13.7. The number of hydrogen-bond acceptors (Lipinski definition) is 8. The summed E-state index contributed by atoms with van der Waals surface area (Å²) in [6, 6.07) is 10.9. The van der Waals surface area contributed by atoms with E-state index in [0.29, 0.717) is 22.3 Å². The summed E-state index contributed by atoms with van der Waals surface area (Å²) in [5, 5.41) is 29.2. The van der Waals surface area contributed by atoms with E-state index < -0.39 is 36.7 Å². The minimum absolute atomic E-state index is 0.0137. The van der Waals surface area contributed by atoms with Crippen LogP contribution in [0.15, 0.2) is 83.0 Å². The molecule has 212 valence electrons. The highest BCUT2D eigenvalue weighted by molar-refractivity contribution is 6.58. The van der Waals surface area contributed by atoms with Crippen molar-refractivity contribution in [3.8, 4) is 11.5 Å². The Hall–Kier alpha value is -4.54. The zero-order chi connectivity index (χ0) is 29.9. The summed E-state index contributed by atoms with van der Waals surface area (Å²) in [4.78, 5) is 55.3. The van der Waals surface area contributed by atoms with Gasteiger partial charge in [0.1, 0.15) is 0 Å². The largest absolute Gasteiger partial charge is 0.504 e. The molecule has 1 fully saturated rings. The van der Waals surface area contributed by atoms with Crippen LogP contribution in [0.2, 0.25) is 0 Å². The van der Waals surface area contributed by atoms with Crippen LogP contribution < -0.4 is 15.1 Å². The summed E-state index contributed by atoms with van der Waals surface area (Å²) in [6.45, 7) is 1.61. The lowest BCUT2D eigenvalue weighted by atomic mass is 9.60. The molecule has 0 spiro atoms. The topological polar surface area (TPSA) is 141 Å². The Morgan fingerprint density at radius 1 is 1.02 bits per heavy atom. The molecule has 1 aliphatic heterocycles. The number of carbonyl (C=O) groups is 4. The average molecular weight is 565 g/mol. The fourth-order valence-corrected chi connectivity index (χ4v) is 6.72. The lowest BCUT2D eigenvalue weighted by Gasteiger charge is -2.41. The Labute approximate surface area is 242 Å². The molecule has 9 nitrogen and oxygen atoms in total. The lowest BCUT2D eigenvalue weighted by Crippen LogP contribution is -2.40. The van der Waals surface area contributed by atoms with Gasteiger partial charge in [0.2, 0.25) is 11.8 Å². The second kappa shape index (κ2) is 10.4. The number of imide groups is 1. The van der Waals surface area contributed by atoms with Crippen LogP contribution in [0.25, 0.3) is 6.08 Å². The molecule has 1 heterocycles. The third-order valence-electron chi connectivity index (χ3n) is 8.72. The first-order chi connectivity index (χ1) is 20.1. The van der Waals surface area contributed by atoms with Crippen LogP contribution in [-0.2, 0) is 19.2 Å². The molecule has 1 saturated heterocycles. The number of phenolic OH excluding ortho intramolecular Hbond substituents is 1. The summed E-state index contributed by atoms with van der Waals surface area (Å²) < 4.78 is 5.22. The Bertz CT molecular complexity index is 1680. The molecule has 0 bridgehead atoms. The second-order valence-electron chi connectivity index (χ2n) is 11.0. The fraction of sp³-hybridized carbons (Fsp3) is 0.250. The molecule has 42 heavy (non-hydrogen) atoms. The van der Waals surface area contributed by atoms with Crippen molar-refractivity contribution < 1.29 is 39.1 Å². The minimum atomic E-state index is -1.76. The molecular formula is C32H28BNO8.